The first-order valence-corrected chi connectivity index (χ1v) is 13.4. The highest BCUT2D eigenvalue weighted by atomic mass is 32.1. The Labute approximate surface area is 216 Å². The highest BCUT2D eigenvalue weighted by Gasteiger charge is 2.36. The minimum absolute atomic E-state index is 0.0854. The van der Waals surface area contributed by atoms with E-state index in [-0.39, 0.29) is 23.6 Å². The lowest BCUT2D eigenvalue weighted by Gasteiger charge is -2.35. The zero-order chi connectivity index (χ0) is 26.2. The number of hydrogen-bond acceptors (Lipinski definition) is 5. The molecule has 0 aromatic heterocycles. The van der Waals surface area contributed by atoms with Gasteiger partial charge < -0.3 is 20.3 Å². The van der Waals surface area contributed by atoms with Gasteiger partial charge >= 0.3 is 6.09 Å². The molecule has 0 spiro atoms. The van der Waals surface area contributed by atoms with Gasteiger partial charge in [0.1, 0.15) is 17.7 Å². The molecule has 7 nitrogen and oxygen atoms in total. The van der Waals surface area contributed by atoms with Crippen LogP contribution in [-0.2, 0) is 14.3 Å². The fourth-order valence-electron chi connectivity index (χ4n) is 4.61. The van der Waals surface area contributed by atoms with Gasteiger partial charge in [-0.1, -0.05) is 55.5 Å². The van der Waals surface area contributed by atoms with Crippen molar-refractivity contribution in [2.45, 2.75) is 104 Å². The summed E-state index contributed by atoms with van der Waals surface area (Å²) >= 11 is 4.33. The van der Waals surface area contributed by atoms with Gasteiger partial charge in [-0.15, -0.1) is 0 Å². The molecule has 0 aliphatic heterocycles. The molecule has 2 rings (SSSR count). The summed E-state index contributed by atoms with van der Waals surface area (Å²) in [5.41, 5.74) is 2.13. The van der Waals surface area contributed by atoms with Crippen molar-refractivity contribution < 1.29 is 19.1 Å². The van der Waals surface area contributed by atoms with E-state index in [0.29, 0.717) is 13.0 Å². The van der Waals surface area contributed by atoms with E-state index in [1.807, 2.05) is 39.0 Å². The lowest BCUT2D eigenvalue weighted by atomic mass is 9.94. The second-order valence-electron chi connectivity index (χ2n) is 10.6. The Morgan fingerprint density at radius 1 is 1.09 bits per heavy atom. The molecule has 1 aliphatic carbocycles. The SMILES string of the molecule is CCCN(C(=O)C(CS)NC(=O)OC(C)(C)C)C(C(=O)NC1CCCCC1)c1cc(C)cc(C)c1. The number of carbonyl (C=O) groups is 3. The second-order valence-corrected chi connectivity index (χ2v) is 10.9. The molecule has 0 saturated heterocycles. The maximum Gasteiger partial charge on any atom is 0.408 e. The molecule has 196 valence electrons. The van der Waals surface area contributed by atoms with Crippen LogP contribution >= 0.6 is 12.6 Å². The summed E-state index contributed by atoms with van der Waals surface area (Å²) in [6, 6.07) is 4.37. The van der Waals surface area contributed by atoms with Crippen molar-refractivity contribution >= 4 is 30.5 Å². The third kappa shape index (κ3) is 9.06. The Bertz CT molecular complexity index is 857. The molecule has 2 unspecified atom stereocenters. The van der Waals surface area contributed by atoms with Crippen molar-refractivity contribution in [3.05, 3.63) is 34.9 Å². The molecule has 2 atom stereocenters. The first-order valence-electron chi connectivity index (χ1n) is 12.7. The first kappa shape index (κ1) is 29.0. The maximum atomic E-state index is 13.8. The summed E-state index contributed by atoms with van der Waals surface area (Å²) < 4.78 is 5.35. The molecule has 3 amide bonds. The van der Waals surface area contributed by atoms with E-state index in [9.17, 15) is 14.4 Å². The highest BCUT2D eigenvalue weighted by molar-refractivity contribution is 7.80. The summed E-state index contributed by atoms with van der Waals surface area (Å²) in [4.78, 5) is 41.5. The Kier molecular flexibility index (Phi) is 10.9. The fraction of sp³-hybridized carbons (Fsp3) is 0.667. The fourth-order valence-corrected chi connectivity index (χ4v) is 4.86. The molecule has 8 heteroatoms. The van der Waals surface area contributed by atoms with Crippen molar-refractivity contribution in [3.63, 3.8) is 0 Å². The lowest BCUT2D eigenvalue weighted by molar-refractivity contribution is -0.142. The average Bonchev–Trinajstić information content (AvgIpc) is 2.75. The van der Waals surface area contributed by atoms with E-state index in [2.05, 4.69) is 23.3 Å². The molecule has 1 aromatic rings. The number of amides is 3. The standard InChI is InChI=1S/C27H43N3O4S/c1-7-13-30(25(32)22(17-35)29-26(33)34-27(4,5)6)23(20-15-18(2)14-19(3)16-20)24(31)28-21-11-9-8-10-12-21/h14-16,21-23,35H,7-13,17H2,1-6H3,(H,28,31)(H,29,33). The minimum atomic E-state index is -0.921. The topological polar surface area (TPSA) is 87.7 Å². The molecule has 0 heterocycles. The minimum Gasteiger partial charge on any atom is -0.444 e. The summed E-state index contributed by atoms with van der Waals surface area (Å²) in [7, 11) is 0. The van der Waals surface area contributed by atoms with E-state index in [4.69, 9.17) is 4.74 Å². The van der Waals surface area contributed by atoms with Crippen LogP contribution in [0.25, 0.3) is 0 Å². The Hall–Kier alpha value is -2.22. The van der Waals surface area contributed by atoms with Crippen LogP contribution in [0.4, 0.5) is 4.79 Å². The smallest absolute Gasteiger partial charge is 0.408 e. The van der Waals surface area contributed by atoms with Gasteiger partial charge in [0.25, 0.3) is 0 Å². The third-order valence-electron chi connectivity index (χ3n) is 5.99. The van der Waals surface area contributed by atoms with Crippen LogP contribution in [0, 0.1) is 13.8 Å². The van der Waals surface area contributed by atoms with Crippen molar-refractivity contribution in [3.8, 4) is 0 Å². The van der Waals surface area contributed by atoms with E-state index >= 15 is 0 Å². The average molecular weight is 506 g/mol. The number of thiol groups is 1. The first-order chi connectivity index (χ1) is 16.4. The molecule has 1 saturated carbocycles. The zero-order valence-corrected chi connectivity index (χ0v) is 23.0. The van der Waals surface area contributed by atoms with Gasteiger partial charge in [-0.3, -0.25) is 9.59 Å². The predicted molar refractivity (Wildman–Crippen MR) is 143 cm³/mol. The van der Waals surface area contributed by atoms with E-state index < -0.39 is 23.8 Å². The van der Waals surface area contributed by atoms with E-state index in [1.165, 1.54) is 6.42 Å². The Morgan fingerprint density at radius 2 is 1.69 bits per heavy atom. The molecule has 1 fully saturated rings. The van der Waals surface area contributed by atoms with Crippen LogP contribution in [0.2, 0.25) is 0 Å². The molecule has 2 N–H and O–H groups in total. The normalized spacial score (nSPS) is 16.2. The molecule has 1 aromatic carbocycles. The largest absolute Gasteiger partial charge is 0.444 e. The van der Waals surface area contributed by atoms with Crippen LogP contribution < -0.4 is 10.6 Å². The number of carbonyl (C=O) groups excluding carboxylic acids is 3. The summed E-state index contributed by atoms with van der Waals surface area (Å²) in [6.07, 6.45) is 5.26. The molecule has 0 bridgehead atoms. The van der Waals surface area contributed by atoms with Crippen LogP contribution in [0.15, 0.2) is 18.2 Å². The van der Waals surface area contributed by atoms with Crippen molar-refractivity contribution in [1.29, 1.82) is 0 Å². The number of rotatable bonds is 9. The summed E-state index contributed by atoms with van der Waals surface area (Å²) in [5, 5.41) is 5.87. The van der Waals surface area contributed by atoms with Gasteiger partial charge in [-0.05, 0) is 59.4 Å². The van der Waals surface area contributed by atoms with Gasteiger partial charge in [0.05, 0.1) is 0 Å². The van der Waals surface area contributed by atoms with Gasteiger partial charge in [0.15, 0.2) is 0 Å². The molecule has 1 aliphatic rings. The van der Waals surface area contributed by atoms with Crippen LogP contribution in [0.3, 0.4) is 0 Å². The van der Waals surface area contributed by atoms with Crippen molar-refractivity contribution in [1.82, 2.24) is 15.5 Å². The molecule has 0 radical (unpaired) electrons. The van der Waals surface area contributed by atoms with E-state index in [1.54, 1.807) is 25.7 Å². The number of nitrogens with one attached hydrogen (secondary N) is 2. The number of ether oxygens (including phenoxy) is 1. The van der Waals surface area contributed by atoms with Crippen molar-refractivity contribution in [2.24, 2.45) is 0 Å². The number of aryl methyl sites for hydroxylation is 2. The Morgan fingerprint density at radius 3 is 2.20 bits per heavy atom. The number of alkyl carbamates (subject to hydrolysis) is 1. The number of hydrogen-bond donors (Lipinski definition) is 3. The maximum absolute atomic E-state index is 13.8. The quantitative estimate of drug-likeness (QED) is 0.419. The number of benzene rings is 1. The molecular formula is C27H43N3O4S. The van der Waals surface area contributed by atoms with Gasteiger partial charge in [-0.2, -0.15) is 12.6 Å². The summed E-state index contributed by atoms with van der Waals surface area (Å²) in [5.74, 6) is -0.447. The Balaban J connectivity index is 2.40. The monoisotopic (exact) mass is 505 g/mol. The summed E-state index contributed by atoms with van der Waals surface area (Å²) in [6.45, 7) is 11.6. The van der Waals surface area contributed by atoms with Crippen LogP contribution in [0.1, 0.15) is 89.0 Å². The van der Waals surface area contributed by atoms with Gasteiger partial charge in [0, 0.05) is 18.3 Å². The van der Waals surface area contributed by atoms with Crippen LogP contribution in [-0.4, -0.2) is 52.8 Å². The highest BCUT2D eigenvalue weighted by Crippen LogP contribution is 2.27. The zero-order valence-electron chi connectivity index (χ0n) is 22.1. The van der Waals surface area contributed by atoms with Gasteiger partial charge in [-0.25, -0.2) is 4.79 Å². The van der Waals surface area contributed by atoms with Crippen molar-refractivity contribution in [2.75, 3.05) is 12.3 Å². The molecular weight excluding hydrogens is 462 g/mol. The molecule has 35 heavy (non-hydrogen) atoms. The van der Waals surface area contributed by atoms with E-state index in [0.717, 1.165) is 42.4 Å². The number of nitrogens with zero attached hydrogens (tertiary/aromatic N) is 1. The second kappa shape index (κ2) is 13.2. The lowest BCUT2D eigenvalue weighted by Crippen LogP contribution is -2.54. The third-order valence-corrected chi connectivity index (χ3v) is 6.36. The van der Waals surface area contributed by atoms with Gasteiger partial charge in [0.2, 0.25) is 11.8 Å². The van der Waals surface area contributed by atoms with Crippen LogP contribution in [0.5, 0.6) is 0 Å². The predicted octanol–water partition coefficient (Wildman–Crippen LogP) is 4.86.